The second-order valence-corrected chi connectivity index (χ2v) is 8.75. The summed E-state index contributed by atoms with van der Waals surface area (Å²) in [5.74, 6) is 1.70. The highest BCUT2D eigenvalue weighted by molar-refractivity contribution is 7.89. The smallest absolute Gasteiger partial charge is 0.243 e. The van der Waals surface area contributed by atoms with Gasteiger partial charge in [-0.15, -0.1) is 12.4 Å². The van der Waals surface area contributed by atoms with Gasteiger partial charge in [0.1, 0.15) is 0 Å². The fraction of sp³-hybridized carbons (Fsp3) is 0.667. The molecule has 0 amide bonds. The summed E-state index contributed by atoms with van der Waals surface area (Å²) in [6.07, 6.45) is 3.15. The number of nitrogens with zero attached hydrogens (tertiary/aromatic N) is 1. The van der Waals surface area contributed by atoms with Gasteiger partial charge in [0.25, 0.3) is 0 Å². The number of rotatable bonds is 6. The first-order valence-corrected chi connectivity index (χ1v) is 10.6. The van der Waals surface area contributed by atoms with Crippen LogP contribution in [-0.2, 0) is 10.0 Å². The molecule has 3 rings (SSSR count). The Balaban J connectivity index is 0.00000243. The molecule has 0 spiro atoms. The molecule has 1 aromatic carbocycles. The number of fused-ring (bicyclic) bond motifs is 1. The van der Waals surface area contributed by atoms with Crippen LogP contribution >= 0.6 is 12.4 Å². The molecular weight excluding hydrogens is 376 g/mol. The van der Waals surface area contributed by atoms with Gasteiger partial charge in [0.15, 0.2) is 11.5 Å². The number of ether oxygens (including phenoxy) is 2. The highest BCUT2D eigenvalue weighted by Gasteiger charge is 2.43. The number of hydrogen-bond acceptors (Lipinski definition) is 5. The van der Waals surface area contributed by atoms with Gasteiger partial charge >= 0.3 is 0 Å². The van der Waals surface area contributed by atoms with E-state index in [1.807, 2.05) is 13.8 Å². The van der Waals surface area contributed by atoms with E-state index in [9.17, 15) is 8.42 Å². The molecule has 3 unspecified atom stereocenters. The zero-order valence-corrected chi connectivity index (χ0v) is 17.0. The molecule has 0 radical (unpaired) electrons. The first kappa shape index (κ1) is 21.3. The molecule has 26 heavy (non-hydrogen) atoms. The molecule has 1 aliphatic heterocycles. The average molecular weight is 405 g/mol. The van der Waals surface area contributed by atoms with Crippen molar-refractivity contribution in [1.29, 1.82) is 0 Å². The summed E-state index contributed by atoms with van der Waals surface area (Å²) in [6.45, 7) is 5.79. The van der Waals surface area contributed by atoms with Crippen molar-refractivity contribution in [2.75, 3.05) is 26.3 Å². The van der Waals surface area contributed by atoms with Gasteiger partial charge in [0.2, 0.25) is 10.0 Å². The third-order valence-corrected chi connectivity index (χ3v) is 7.10. The number of benzene rings is 1. The molecule has 1 saturated heterocycles. The van der Waals surface area contributed by atoms with Crippen molar-refractivity contribution in [3.63, 3.8) is 0 Å². The normalized spacial score (nSPS) is 26.0. The number of nitrogens with two attached hydrogens (primary N) is 1. The van der Waals surface area contributed by atoms with E-state index in [1.54, 1.807) is 22.5 Å². The van der Waals surface area contributed by atoms with E-state index in [-0.39, 0.29) is 29.3 Å². The lowest BCUT2D eigenvalue weighted by Crippen LogP contribution is -2.38. The largest absolute Gasteiger partial charge is 0.490 e. The fourth-order valence-corrected chi connectivity index (χ4v) is 5.56. The van der Waals surface area contributed by atoms with Crippen LogP contribution in [0.2, 0.25) is 0 Å². The molecular formula is C18H29ClN2O4S. The molecule has 148 valence electrons. The van der Waals surface area contributed by atoms with Crippen LogP contribution in [0.15, 0.2) is 23.1 Å². The van der Waals surface area contributed by atoms with Gasteiger partial charge in [-0.2, -0.15) is 4.31 Å². The molecule has 2 N–H and O–H groups in total. The van der Waals surface area contributed by atoms with Crippen LogP contribution in [0.4, 0.5) is 0 Å². The molecule has 6 nitrogen and oxygen atoms in total. The van der Waals surface area contributed by atoms with Gasteiger partial charge in [0, 0.05) is 25.2 Å². The van der Waals surface area contributed by atoms with Crippen molar-refractivity contribution >= 4 is 22.4 Å². The van der Waals surface area contributed by atoms with Crippen molar-refractivity contribution in [2.45, 2.75) is 44.0 Å². The summed E-state index contributed by atoms with van der Waals surface area (Å²) in [5.41, 5.74) is 6.22. The number of sulfonamides is 1. The van der Waals surface area contributed by atoms with Crippen LogP contribution in [0.5, 0.6) is 11.5 Å². The lowest BCUT2D eigenvalue weighted by Gasteiger charge is -2.29. The highest BCUT2D eigenvalue weighted by atomic mass is 35.5. The van der Waals surface area contributed by atoms with Crippen LogP contribution in [0.25, 0.3) is 0 Å². The molecule has 1 aromatic rings. The minimum absolute atomic E-state index is 0. The summed E-state index contributed by atoms with van der Waals surface area (Å²) in [5, 5.41) is 0. The topological polar surface area (TPSA) is 81.9 Å². The summed E-state index contributed by atoms with van der Waals surface area (Å²) >= 11 is 0. The predicted octanol–water partition coefficient (Wildman–Crippen LogP) is 2.65. The van der Waals surface area contributed by atoms with E-state index < -0.39 is 10.0 Å². The van der Waals surface area contributed by atoms with Gasteiger partial charge in [-0.1, -0.05) is 6.42 Å². The van der Waals surface area contributed by atoms with E-state index in [4.69, 9.17) is 15.2 Å². The summed E-state index contributed by atoms with van der Waals surface area (Å²) in [7, 11) is -3.55. The summed E-state index contributed by atoms with van der Waals surface area (Å²) in [4.78, 5) is 0.256. The quantitative estimate of drug-likeness (QED) is 0.788. The molecule has 1 saturated carbocycles. The van der Waals surface area contributed by atoms with Crippen molar-refractivity contribution < 1.29 is 17.9 Å². The maximum atomic E-state index is 13.1. The number of halogens is 1. The van der Waals surface area contributed by atoms with Crippen LogP contribution < -0.4 is 15.2 Å². The van der Waals surface area contributed by atoms with Crippen LogP contribution in [-0.4, -0.2) is 45.1 Å². The second kappa shape index (κ2) is 8.78. The number of hydrogen-bond donors (Lipinski definition) is 1. The zero-order valence-electron chi connectivity index (χ0n) is 15.4. The standard InChI is InChI=1S/C18H28N2O4S.ClH/c1-3-23-17-9-8-14(10-18(17)24-4-2)25(21,22)20-11-13-6-5-7-16(19)15(13)12-20;/h8-10,13,15-16H,3-7,11-12,19H2,1-2H3;1H. The SMILES string of the molecule is CCOc1ccc(S(=O)(=O)N2CC3CCCC(N)C3C2)cc1OCC.Cl. The Kier molecular flexibility index (Phi) is 7.19. The summed E-state index contributed by atoms with van der Waals surface area (Å²) < 4.78 is 38.9. The van der Waals surface area contributed by atoms with Crippen LogP contribution in [0.3, 0.4) is 0 Å². The monoisotopic (exact) mass is 404 g/mol. The highest BCUT2D eigenvalue weighted by Crippen LogP contribution is 2.39. The van der Waals surface area contributed by atoms with Crippen molar-refractivity contribution in [3.8, 4) is 11.5 Å². The minimum atomic E-state index is -3.55. The maximum absolute atomic E-state index is 13.1. The lowest BCUT2D eigenvalue weighted by molar-refractivity contribution is 0.260. The van der Waals surface area contributed by atoms with Gasteiger partial charge in [-0.25, -0.2) is 8.42 Å². The van der Waals surface area contributed by atoms with Crippen molar-refractivity contribution in [3.05, 3.63) is 18.2 Å². The third kappa shape index (κ3) is 4.11. The molecule has 2 aliphatic rings. The molecule has 3 atom stereocenters. The first-order chi connectivity index (χ1) is 12.0. The average Bonchev–Trinajstić information content (AvgIpc) is 3.03. The second-order valence-electron chi connectivity index (χ2n) is 6.82. The Morgan fingerprint density at radius 2 is 1.81 bits per heavy atom. The van der Waals surface area contributed by atoms with E-state index in [0.29, 0.717) is 43.7 Å². The molecule has 1 heterocycles. The Morgan fingerprint density at radius 1 is 1.12 bits per heavy atom. The maximum Gasteiger partial charge on any atom is 0.243 e. The van der Waals surface area contributed by atoms with Crippen LogP contribution in [0.1, 0.15) is 33.1 Å². The Bertz CT molecular complexity index is 713. The zero-order chi connectivity index (χ0) is 18.0. The predicted molar refractivity (Wildman–Crippen MR) is 104 cm³/mol. The Morgan fingerprint density at radius 3 is 2.46 bits per heavy atom. The van der Waals surface area contributed by atoms with Gasteiger partial charge in [0.05, 0.1) is 18.1 Å². The Labute approximate surface area is 162 Å². The van der Waals surface area contributed by atoms with E-state index >= 15 is 0 Å². The molecule has 0 aromatic heterocycles. The molecule has 2 fully saturated rings. The van der Waals surface area contributed by atoms with E-state index in [1.165, 1.54) is 0 Å². The first-order valence-electron chi connectivity index (χ1n) is 9.12. The van der Waals surface area contributed by atoms with E-state index in [0.717, 1.165) is 19.3 Å². The van der Waals surface area contributed by atoms with Gasteiger partial charge in [-0.05, 0) is 50.7 Å². The van der Waals surface area contributed by atoms with Gasteiger partial charge < -0.3 is 15.2 Å². The summed E-state index contributed by atoms with van der Waals surface area (Å²) in [6, 6.07) is 4.96. The Hall–Kier alpha value is -1.02. The van der Waals surface area contributed by atoms with Crippen molar-refractivity contribution in [1.82, 2.24) is 4.31 Å². The minimum Gasteiger partial charge on any atom is -0.490 e. The third-order valence-electron chi connectivity index (χ3n) is 5.27. The van der Waals surface area contributed by atoms with Gasteiger partial charge in [-0.3, -0.25) is 0 Å². The van der Waals surface area contributed by atoms with Crippen molar-refractivity contribution in [2.24, 2.45) is 17.6 Å². The lowest BCUT2D eigenvalue weighted by atomic mass is 9.78. The molecule has 8 heteroatoms. The molecule has 1 aliphatic carbocycles. The molecule has 0 bridgehead atoms. The fourth-order valence-electron chi connectivity index (χ4n) is 4.01. The van der Waals surface area contributed by atoms with E-state index in [2.05, 4.69) is 0 Å². The van der Waals surface area contributed by atoms with Crippen LogP contribution in [0, 0.1) is 11.8 Å².